The lowest BCUT2D eigenvalue weighted by Crippen LogP contribution is -2.34. The highest BCUT2D eigenvalue weighted by Gasteiger charge is 2.20. The van der Waals surface area contributed by atoms with Crippen molar-refractivity contribution in [3.05, 3.63) is 69.6 Å². The molecule has 2 amide bonds. The van der Waals surface area contributed by atoms with Crippen LogP contribution in [0.15, 0.2) is 47.0 Å². The van der Waals surface area contributed by atoms with Crippen molar-refractivity contribution in [2.75, 3.05) is 19.7 Å². The molecule has 2 aromatic carbocycles. The summed E-state index contributed by atoms with van der Waals surface area (Å²) in [6, 6.07) is 11.2. The minimum Gasteiger partial charge on any atom is -0.494 e. The summed E-state index contributed by atoms with van der Waals surface area (Å²) in [6.45, 7) is 4.30. The van der Waals surface area contributed by atoms with Crippen LogP contribution in [0.1, 0.15) is 33.5 Å². The maximum Gasteiger partial charge on any atom is 0.316 e. The molecule has 0 bridgehead atoms. The van der Waals surface area contributed by atoms with Gasteiger partial charge in [0.05, 0.1) is 11.5 Å². The lowest BCUT2D eigenvalue weighted by atomic mass is 10.1. The molecule has 32 heavy (non-hydrogen) atoms. The van der Waals surface area contributed by atoms with Crippen molar-refractivity contribution in [1.82, 2.24) is 20.8 Å². The molecule has 0 aliphatic carbocycles. The summed E-state index contributed by atoms with van der Waals surface area (Å²) < 4.78 is 10.3. The predicted octanol–water partition coefficient (Wildman–Crippen LogP) is 2.51. The molecule has 0 atom stereocenters. The van der Waals surface area contributed by atoms with E-state index in [4.69, 9.17) is 9.26 Å². The number of nitro groups is 1. The summed E-state index contributed by atoms with van der Waals surface area (Å²) in [5.74, 6) is -0.454. The Morgan fingerprint density at radius 2 is 1.78 bits per heavy atom. The number of rotatable bonds is 9. The fourth-order valence-corrected chi connectivity index (χ4v) is 2.89. The number of nitro benzene ring substituents is 1. The van der Waals surface area contributed by atoms with Gasteiger partial charge in [-0.2, -0.15) is 4.98 Å². The molecule has 0 saturated carbocycles. The monoisotopic (exact) mass is 439 g/mol. The normalized spacial score (nSPS) is 10.4. The standard InChI is InChI=1S/C21H21N5O6/c1-3-31-15-9-7-14(8-10-15)19(27)22-11-12-23-20(28)21-24-18(25-32-21)16-5-4-6-17(13(16)2)26(29)30/h4-10H,3,11-12H2,1-2H3,(H,22,27)(H,23,28). The number of ether oxygens (including phenoxy) is 1. The van der Waals surface area contributed by atoms with E-state index in [9.17, 15) is 19.7 Å². The second kappa shape index (κ2) is 10.2. The summed E-state index contributed by atoms with van der Waals surface area (Å²) in [5, 5.41) is 20.1. The van der Waals surface area contributed by atoms with Gasteiger partial charge in [-0.1, -0.05) is 17.3 Å². The van der Waals surface area contributed by atoms with E-state index in [0.717, 1.165) is 0 Å². The topological polar surface area (TPSA) is 149 Å². The summed E-state index contributed by atoms with van der Waals surface area (Å²) >= 11 is 0. The Bertz CT molecular complexity index is 1130. The molecule has 1 heterocycles. The predicted molar refractivity (Wildman–Crippen MR) is 113 cm³/mol. The minimum atomic E-state index is -0.623. The average molecular weight is 439 g/mol. The van der Waals surface area contributed by atoms with Gasteiger partial charge in [0.25, 0.3) is 11.6 Å². The summed E-state index contributed by atoms with van der Waals surface area (Å²) in [5.41, 5.74) is 1.14. The van der Waals surface area contributed by atoms with Gasteiger partial charge in [-0.15, -0.1) is 0 Å². The Balaban J connectivity index is 1.52. The lowest BCUT2D eigenvalue weighted by molar-refractivity contribution is -0.385. The molecule has 0 saturated heterocycles. The van der Waals surface area contributed by atoms with Crippen molar-refractivity contribution < 1.29 is 23.8 Å². The number of amides is 2. The first kappa shape index (κ1) is 22.4. The molecule has 3 rings (SSSR count). The molecule has 11 nitrogen and oxygen atoms in total. The van der Waals surface area contributed by atoms with E-state index >= 15 is 0 Å². The highest BCUT2D eigenvalue weighted by Crippen LogP contribution is 2.27. The van der Waals surface area contributed by atoms with Gasteiger partial charge >= 0.3 is 11.8 Å². The van der Waals surface area contributed by atoms with Crippen LogP contribution in [-0.4, -0.2) is 46.6 Å². The number of carbonyl (C=O) groups excluding carboxylic acids is 2. The molecule has 0 aliphatic rings. The second-order valence-corrected chi connectivity index (χ2v) is 6.60. The van der Waals surface area contributed by atoms with Crippen LogP contribution in [0.3, 0.4) is 0 Å². The summed E-state index contributed by atoms with van der Waals surface area (Å²) in [6.07, 6.45) is 0. The van der Waals surface area contributed by atoms with Crippen LogP contribution in [0.5, 0.6) is 5.75 Å². The first-order valence-corrected chi connectivity index (χ1v) is 9.78. The van der Waals surface area contributed by atoms with Crippen LogP contribution in [0.2, 0.25) is 0 Å². The van der Waals surface area contributed by atoms with E-state index in [2.05, 4.69) is 20.8 Å². The summed E-state index contributed by atoms with van der Waals surface area (Å²) in [4.78, 5) is 39.0. The molecule has 11 heteroatoms. The van der Waals surface area contributed by atoms with Gasteiger partial charge in [0.15, 0.2) is 0 Å². The zero-order valence-corrected chi connectivity index (χ0v) is 17.5. The van der Waals surface area contributed by atoms with Gasteiger partial charge in [-0.05, 0) is 38.1 Å². The van der Waals surface area contributed by atoms with E-state index in [1.165, 1.54) is 12.1 Å². The van der Waals surface area contributed by atoms with Crippen molar-refractivity contribution in [1.29, 1.82) is 0 Å². The molecular weight excluding hydrogens is 418 g/mol. The quantitative estimate of drug-likeness (QED) is 0.293. The van der Waals surface area contributed by atoms with Crippen molar-refractivity contribution in [2.24, 2.45) is 0 Å². The molecule has 0 aliphatic heterocycles. The van der Waals surface area contributed by atoms with Crippen LogP contribution in [0.25, 0.3) is 11.4 Å². The van der Waals surface area contributed by atoms with Crippen molar-refractivity contribution in [2.45, 2.75) is 13.8 Å². The average Bonchev–Trinajstić information content (AvgIpc) is 3.27. The molecule has 1 aromatic heterocycles. The van der Waals surface area contributed by atoms with Crippen LogP contribution < -0.4 is 15.4 Å². The first-order valence-electron chi connectivity index (χ1n) is 9.78. The van der Waals surface area contributed by atoms with Crippen molar-refractivity contribution in [3.63, 3.8) is 0 Å². The Morgan fingerprint density at radius 1 is 1.09 bits per heavy atom. The molecular formula is C21H21N5O6. The Kier molecular flexibility index (Phi) is 7.11. The second-order valence-electron chi connectivity index (χ2n) is 6.60. The van der Waals surface area contributed by atoms with Gasteiger partial charge in [0.2, 0.25) is 5.82 Å². The van der Waals surface area contributed by atoms with Gasteiger partial charge in [0.1, 0.15) is 5.75 Å². The zero-order valence-electron chi connectivity index (χ0n) is 17.5. The molecule has 166 valence electrons. The van der Waals surface area contributed by atoms with Crippen LogP contribution in [-0.2, 0) is 0 Å². The maximum absolute atomic E-state index is 12.2. The third kappa shape index (κ3) is 5.25. The largest absolute Gasteiger partial charge is 0.494 e. The van der Waals surface area contributed by atoms with E-state index in [1.54, 1.807) is 37.3 Å². The number of hydrogen-bond acceptors (Lipinski definition) is 8. The molecule has 3 aromatic rings. The fourth-order valence-electron chi connectivity index (χ4n) is 2.89. The number of nitrogens with zero attached hydrogens (tertiary/aromatic N) is 3. The van der Waals surface area contributed by atoms with Crippen molar-refractivity contribution >= 4 is 17.5 Å². The van der Waals surface area contributed by atoms with Crippen molar-refractivity contribution in [3.8, 4) is 17.1 Å². The number of nitrogens with one attached hydrogen (secondary N) is 2. The Labute approximate surface area is 182 Å². The smallest absolute Gasteiger partial charge is 0.316 e. The fraction of sp³-hybridized carbons (Fsp3) is 0.238. The highest BCUT2D eigenvalue weighted by molar-refractivity contribution is 5.94. The molecule has 2 N–H and O–H groups in total. The van der Waals surface area contributed by atoms with Gasteiger partial charge in [-0.25, -0.2) is 0 Å². The first-order chi connectivity index (χ1) is 15.4. The third-order valence-corrected chi connectivity index (χ3v) is 4.49. The van der Waals surface area contributed by atoms with Gasteiger partial charge in [-0.3, -0.25) is 19.7 Å². The Morgan fingerprint density at radius 3 is 2.44 bits per heavy atom. The minimum absolute atomic E-state index is 0.0696. The van der Waals surface area contributed by atoms with Gasteiger partial charge < -0.3 is 19.9 Å². The van der Waals surface area contributed by atoms with Crippen LogP contribution in [0.4, 0.5) is 5.69 Å². The van der Waals surface area contributed by atoms with E-state index in [-0.39, 0.29) is 36.4 Å². The Hall–Kier alpha value is -4.28. The van der Waals surface area contributed by atoms with Crippen LogP contribution >= 0.6 is 0 Å². The van der Waals surface area contributed by atoms with Gasteiger partial charge in [0, 0.05) is 35.8 Å². The van der Waals surface area contributed by atoms with Crippen LogP contribution in [0, 0.1) is 17.0 Å². The molecule has 0 spiro atoms. The number of hydrogen-bond donors (Lipinski definition) is 2. The molecule has 0 fully saturated rings. The molecule has 0 unspecified atom stereocenters. The number of benzene rings is 2. The van der Waals surface area contributed by atoms with E-state index in [1.807, 2.05) is 6.92 Å². The van der Waals surface area contributed by atoms with E-state index < -0.39 is 10.8 Å². The number of carbonyl (C=O) groups is 2. The number of aromatic nitrogens is 2. The maximum atomic E-state index is 12.2. The highest BCUT2D eigenvalue weighted by atomic mass is 16.6. The lowest BCUT2D eigenvalue weighted by Gasteiger charge is -2.07. The zero-order chi connectivity index (χ0) is 23.1. The third-order valence-electron chi connectivity index (χ3n) is 4.49. The SMILES string of the molecule is CCOc1ccc(C(=O)NCCNC(=O)c2nc(-c3cccc([N+](=O)[O-])c3C)no2)cc1. The summed E-state index contributed by atoms with van der Waals surface area (Å²) in [7, 11) is 0. The molecule has 0 radical (unpaired) electrons. The van der Waals surface area contributed by atoms with E-state index in [0.29, 0.717) is 29.0 Å².